The number of rotatable bonds is 8. The zero-order valence-electron chi connectivity index (χ0n) is 20.5. The Morgan fingerprint density at radius 1 is 1.17 bits per heavy atom. The maximum atomic E-state index is 13.7. The fourth-order valence-electron chi connectivity index (χ4n) is 3.64. The normalized spacial score (nSPS) is 12.3. The van der Waals surface area contributed by atoms with Crippen LogP contribution < -0.4 is 5.32 Å². The van der Waals surface area contributed by atoms with Gasteiger partial charge in [0.2, 0.25) is 17.6 Å². The van der Waals surface area contributed by atoms with Crippen molar-refractivity contribution in [3.05, 3.63) is 70.1 Å². The Morgan fingerprint density at radius 3 is 2.53 bits per heavy atom. The predicted molar refractivity (Wildman–Crippen MR) is 134 cm³/mol. The van der Waals surface area contributed by atoms with Gasteiger partial charge < -0.3 is 19.7 Å². The minimum Gasteiger partial charge on any atom is -0.508 e. The second-order valence-electron chi connectivity index (χ2n) is 9.39. The molecule has 4 aromatic rings. The molecule has 1 atom stereocenters. The van der Waals surface area contributed by atoms with Crippen LogP contribution in [-0.2, 0) is 22.7 Å². The van der Waals surface area contributed by atoms with Gasteiger partial charge in [-0.1, -0.05) is 18.2 Å². The number of tetrazole rings is 1. The maximum absolute atomic E-state index is 13.7. The van der Waals surface area contributed by atoms with Crippen molar-refractivity contribution in [3.8, 4) is 17.3 Å². The third-order valence-corrected chi connectivity index (χ3v) is 6.05. The maximum Gasteiger partial charge on any atom is 0.247 e. The number of aromatic nitrogens is 4. The largest absolute Gasteiger partial charge is 0.508 e. The number of hydrogen-bond donors (Lipinski definition) is 2. The van der Waals surface area contributed by atoms with E-state index in [2.05, 4.69) is 20.7 Å². The van der Waals surface area contributed by atoms with Crippen molar-refractivity contribution < 1.29 is 19.1 Å². The summed E-state index contributed by atoms with van der Waals surface area (Å²) in [6, 6.07) is 12.7. The van der Waals surface area contributed by atoms with Crippen LogP contribution in [0.4, 0.5) is 0 Å². The van der Waals surface area contributed by atoms with E-state index < -0.39 is 11.6 Å². The first-order valence-electron chi connectivity index (χ1n) is 11.4. The highest BCUT2D eigenvalue weighted by Gasteiger charge is 2.34. The molecule has 0 aliphatic heterocycles. The zero-order valence-corrected chi connectivity index (χ0v) is 21.3. The molecule has 11 heteroatoms. The lowest BCUT2D eigenvalue weighted by molar-refractivity contribution is -0.143. The molecule has 3 aromatic heterocycles. The third-order valence-electron chi connectivity index (χ3n) is 5.18. The van der Waals surface area contributed by atoms with Gasteiger partial charge in [-0.05, 0) is 74.2 Å². The van der Waals surface area contributed by atoms with Gasteiger partial charge in [0.25, 0.3) is 0 Å². The summed E-state index contributed by atoms with van der Waals surface area (Å²) in [5.74, 6) is 0.787. The summed E-state index contributed by atoms with van der Waals surface area (Å²) in [6.45, 7) is 7.42. The summed E-state index contributed by atoms with van der Waals surface area (Å²) in [7, 11) is 0. The first kappa shape index (κ1) is 25.1. The van der Waals surface area contributed by atoms with Gasteiger partial charge >= 0.3 is 0 Å². The van der Waals surface area contributed by atoms with Gasteiger partial charge in [-0.2, -0.15) is 4.80 Å². The summed E-state index contributed by atoms with van der Waals surface area (Å²) < 4.78 is 5.54. The molecule has 0 saturated carbocycles. The van der Waals surface area contributed by atoms with Crippen molar-refractivity contribution >= 4 is 23.2 Å². The van der Waals surface area contributed by atoms with E-state index in [1.165, 1.54) is 33.2 Å². The van der Waals surface area contributed by atoms with E-state index in [0.717, 1.165) is 4.88 Å². The summed E-state index contributed by atoms with van der Waals surface area (Å²) in [5, 5.41) is 27.0. The average molecular weight is 509 g/mol. The number of benzene rings is 1. The molecule has 0 aliphatic carbocycles. The lowest BCUT2D eigenvalue weighted by atomic mass is 10.0. The van der Waals surface area contributed by atoms with Crippen molar-refractivity contribution in [2.24, 2.45) is 0 Å². The molecule has 36 heavy (non-hydrogen) atoms. The topological polar surface area (TPSA) is 126 Å². The molecule has 0 spiro atoms. The van der Waals surface area contributed by atoms with Gasteiger partial charge in [0.1, 0.15) is 24.1 Å². The molecule has 1 aromatic carbocycles. The lowest BCUT2D eigenvalue weighted by Crippen LogP contribution is -2.49. The molecular weight excluding hydrogens is 480 g/mol. The number of amides is 2. The van der Waals surface area contributed by atoms with Gasteiger partial charge in [0.05, 0.1) is 6.54 Å². The molecule has 0 aliphatic rings. The highest BCUT2D eigenvalue weighted by molar-refractivity contribution is 7.09. The Kier molecular flexibility index (Phi) is 7.20. The second-order valence-corrected chi connectivity index (χ2v) is 10.4. The average Bonchev–Trinajstić information content (AvgIpc) is 3.56. The van der Waals surface area contributed by atoms with Crippen LogP contribution >= 0.6 is 11.3 Å². The molecule has 0 fully saturated rings. The van der Waals surface area contributed by atoms with Crippen LogP contribution in [-0.4, -0.2) is 47.6 Å². The Labute approximate surface area is 212 Å². The van der Waals surface area contributed by atoms with Gasteiger partial charge in [0, 0.05) is 10.4 Å². The van der Waals surface area contributed by atoms with E-state index in [1.807, 2.05) is 45.2 Å². The fourth-order valence-corrected chi connectivity index (χ4v) is 4.34. The minimum atomic E-state index is -0.949. The van der Waals surface area contributed by atoms with Crippen LogP contribution in [0.2, 0.25) is 0 Å². The number of carbonyl (C=O) groups excluding carboxylic acids is 2. The molecule has 0 unspecified atom stereocenters. The van der Waals surface area contributed by atoms with Gasteiger partial charge in [0.15, 0.2) is 5.76 Å². The highest BCUT2D eigenvalue weighted by atomic mass is 32.1. The number of nitrogens with zero attached hydrogens (tertiary/aromatic N) is 5. The monoisotopic (exact) mass is 508 g/mol. The second kappa shape index (κ2) is 10.3. The van der Waals surface area contributed by atoms with Crippen LogP contribution in [0.3, 0.4) is 0 Å². The zero-order chi connectivity index (χ0) is 25.9. The summed E-state index contributed by atoms with van der Waals surface area (Å²) >= 11 is 1.49. The molecule has 10 nitrogen and oxygen atoms in total. The Morgan fingerprint density at radius 2 is 1.92 bits per heavy atom. The number of thiophene rings is 1. The van der Waals surface area contributed by atoms with E-state index in [9.17, 15) is 14.7 Å². The van der Waals surface area contributed by atoms with Gasteiger partial charge in [-0.3, -0.25) is 9.59 Å². The predicted octanol–water partition coefficient (Wildman–Crippen LogP) is 3.69. The van der Waals surface area contributed by atoms with Crippen LogP contribution in [0.15, 0.2) is 58.3 Å². The molecule has 188 valence electrons. The lowest BCUT2D eigenvalue weighted by Gasteiger charge is -2.33. The molecule has 2 N–H and O–H groups in total. The third kappa shape index (κ3) is 6.16. The highest BCUT2D eigenvalue weighted by Crippen LogP contribution is 2.28. The molecule has 0 radical (unpaired) electrons. The minimum absolute atomic E-state index is 0.0670. The van der Waals surface area contributed by atoms with E-state index in [1.54, 1.807) is 24.3 Å². The van der Waals surface area contributed by atoms with Crippen molar-refractivity contribution in [1.82, 2.24) is 30.4 Å². The molecule has 2 amide bonds. The molecular formula is C25H28N6O4S. The number of phenols is 1. The van der Waals surface area contributed by atoms with Gasteiger partial charge in [-0.15, -0.1) is 21.5 Å². The number of carbonyl (C=O) groups is 2. The summed E-state index contributed by atoms with van der Waals surface area (Å²) in [4.78, 5) is 30.8. The van der Waals surface area contributed by atoms with E-state index in [4.69, 9.17) is 4.42 Å². The number of nitrogens with one attached hydrogen (secondary N) is 1. The molecule has 3 heterocycles. The number of aryl methyl sites for hydroxylation is 1. The van der Waals surface area contributed by atoms with Gasteiger partial charge in [-0.25, -0.2) is 0 Å². The number of hydrogen-bond acceptors (Lipinski definition) is 8. The fraction of sp³-hybridized carbons (Fsp3) is 0.320. The molecule has 4 rings (SSSR count). The van der Waals surface area contributed by atoms with Crippen LogP contribution in [0.1, 0.15) is 43.0 Å². The molecule has 0 bridgehead atoms. The van der Waals surface area contributed by atoms with E-state index in [-0.39, 0.29) is 36.5 Å². The van der Waals surface area contributed by atoms with E-state index in [0.29, 0.717) is 17.1 Å². The molecule has 0 saturated heterocycles. The van der Waals surface area contributed by atoms with Crippen LogP contribution in [0, 0.1) is 6.92 Å². The Hall–Kier alpha value is -3.99. The van der Waals surface area contributed by atoms with Crippen LogP contribution in [0.25, 0.3) is 11.6 Å². The summed E-state index contributed by atoms with van der Waals surface area (Å²) in [6.07, 6.45) is 0. The van der Waals surface area contributed by atoms with Crippen molar-refractivity contribution in [2.45, 2.75) is 52.4 Å². The smallest absolute Gasteiger partial charge is 0.247 e. The van der Waals surface area contributed by atoms with Crippen molar-refractivity contribution in [2.75, 3.05) is 0 Å². The first-order valence-corrected chi connectivity index (χ1v) is 12.2. The standard InChI is InChI=1S/C25H28N6O4S/c1-16-7-12-20(35-16)23-27-29-31(28-23)15-21(33)30(14-19-6-5-13-36-19)22(24(34)26-25(2,3)4)17-8-10-18(32)11-9-17/h5-13,22,32H,14-15H2,1-4H3,(H,26,34)/t22-/m0/s1. The Bertz CT molecular complexity index is 1320. The van der Waals surface area contributed by atoms with E-state index >= 15 is 0 Å². The van der Waals surface area contributed by atoms with Crippen LogP contribution in [0.5, 0.6) is 5.75 Å². The summed E-state index contributed by atoms with van der Waals surface area (Å²) in [5.41, 5.74) is 0.0470. The van der Waals surface area contributed by atoms with Crippen molar-refractivity contribution in [1.29, 1.82) is 0 Å². The quantitative estimate of drug-likeness (QED) is 0.372. The Balaban J connectivity index is 1.67. The SMILES string of the molecule is Cc1ccc(-c2nnn(CC(=O)N(Cc3cccs3)[C@H](C(=O)NC(C)(C)C)c3ccc(O)cc3)n2)o1. The number of aromatic hydroxyl groups is 1. The number of furan rings is 1. The first-order chi connectivity index (χ1) is 17.1. The van der Waals surface area contributed by atoms with Crippen molar-refractivity contribution in [3.63, 3.8) is 0 Å². The number of phenolic OH excluding ortho intramolecular Hbond substituents is 1.